The first-order valence-corrected chi connectivity index (χ1v) is 6.71. The molecule has 0 N–H and O–H groups in total. The molecule has 0 amide bonds. The van der Waals surface area contributed by atoms with E-state index in [1.54, 1.807) is 0 Å². The number of epoxide rings is 1. The first kappa shape index (κ1) is 12.6. The Bertz CT molecular complexity index is 492. The van der Waals surface area contributed by atoms with Crippen LogP contribution < -0.4 is 0 Å². The van der Waals surface area contributed by atoms with Gasteiger partial charge in [0.05, 0.1) is 5.60 Å². The van der Waals surface area contributed by atoms with Gasteiger partial charge in [0, 0.05) is 17.9 Å². The number of fused-ring (bicyclic) bond motifs is 3. The molecule has 4 atom stereocenters. The van der Waals surface area contributed by atoms with E-state index in [4.69, 9.17) is 9.47 Å². The molecule has 0 radical (unpaired) electrons. The Balaban J connectivity index is 1.87. The molecule has 0 aromatic carbocycles. The number of hydrogen-bond donors (Lipinski definition) is 0. The molecule has 0 aromatic heterocycles. The van der Waals surface area contributed by atoms with Gasteiger partial charge in [0.15, 0.2) is 5.78 Å². The molecule has 0 aromatic rings. The number of Topliss-reactive ketones (excluding diaryl/α,β-unsaturated/α-hetero) is 1. The van der Waals surface area contributed by atoms with Crippen LogP contribution in [0.1, 0.15) is 32.6 Å². The van der Waals surface area contributed by atoms with E-state index < -0.39 is 0 Å². The third-order valence-electron chi connectivity index (χ3n) is 4.59. The van der Waals surface area contributed by atoms with E-state index in [1.165, 1.54) is 0 Å². The minimum atomic E-state index is -0.346. The molecule has 4 nitrogen and oxygen atoms in total. The van der Waals surface area contributed by atoms with Gasteiger partial charge in [0.1, 0.15) is 12.2 Å². The number of esters is 1. The van der Waals surface area contributed by atoms with Gasteiger partial charge >= 0.3 is 5.97 Å². The van der Waals surface area contributed by atoms with Crippen molar-refractivity contribution in [2.24, 2.45) is 5.92 Å². The molecular formula is C15H18O4. The van der Waals surface area contributed by atoms with Crippen LogP contribution in [0.4, 0.5) is 0 Å². The molecule has 2 saturated heterocycles. The van der Waals surface area contributed by atoms with E-state index in [0.29, 0.717) is 36.8 Å². The molecule has 2 heterocycles. The van der Waals surface area contributed by atoms with Crippen LogP contribution in [0.15, 0.2) is 24.3 Å². The smallest absolute Gasteiger partial charge is 0.334 e. The average molecular weight is 262 g/mol. The van der Waals surface area contributed by atoms with Crippen molar-refractivity contribution in [3.8, 4) is 0 Å². The van der Waals surface area contributed by atoms with Crippen LogP contribution in [0, 0.1) is 5.92 Å². The van der Waals surface area contributed by atoms with E-state index >= 15 is 0 Å². The van der Waals surface area contributed by atoms with Crippen molar-refractivity contribution >= 4 is 11.8 Å². The molecule has 4 heteroatoms. The summed E-state index contributed by atoms with van der Waals surface area (Å²) in [5, 5.41) is 0. The molecule has 1 saturated carbocycles. The van der Waals surface area contributed by atoms with Crippen molar-refractivity contribution < 1.29 is 19.1 Å². The van der Waals surface area contributed by atoms with Crippen molar-refractivity contribution in [3.05, 3.63) is 24.3 Å². The largest absolute Gasteiger partial charge is 0.455 e. The standard InChI is InChI=1S/C15H18O4/c1-8-4-5-10-9(2)14(17)18-12(10)13-15(3,19-13)7-6-11(8)16/h10,12-13H,1-2,4-7H2,3H3. The molecule has 3 rings (SSSR count). The van der Waals surface area contributed by atoms with Gasteiger partial charge < -0.3 is 9.47 Å². The fourth-order valence-electron chi connectivity index (χ4n) is 3.12. The maximum atomic E-state index is 11.9. The zero-order valence-electron chi connectivity index (χ0n) is 11.1. The van der Waals surface area contributed by atoms with Crippen LogP contribution in [0.3, 0.4) is 0 Å². The Kier molecular flexibility index (Phi) is 2.68. The number of ketones is 1. The van der Waals surface area contributed by atoms with Gasteiger partial charge in [-0.15, -0.1) is 0 Å². The summed E-state index contributed by atoms with van der Waals surface area (Å²) in [6, 6.07) is 0. The Morgan fingerprint density at radius 2 is 2.00 bits per heavy atom. The number of ether oxygens (including phenoxy) is 2. The van der Waals surface area contributed by atoms with Gasteiger partial charge in [-0.3, -0.25) is 4.79 Å². The van der Waals surface area contributed by atoms with E-state index in [1.807, 2.05) is 6.92 Å². The summed E-state index contributed by atoms with van der Waals surface area (Å²) >= 11 is 0. The average Bonchev–Trinajstić information content (AvgIpc) is 2.96. The summed E-state index contributed by atoms with van der Waals surface area (Å²) < 4.78 is 11.1. The molecule has 2 aliphatic heterocycles. The molecular weight excluding hydrogens is 244 g/mol. The number of rotatable bonds is 0. The van der Waals surface area contributed by atoms with Crippen LogP contribution in [0.2, 0.25) is 0 Å². The zero-order chi connectivity index (χ0) is 13.8. The Morgan fingerprint density at radius 3 is 2.74 bits per heavy atom. The molecule has 1 aliphatic carbocycles. The third-order valence-corrected chi connectivity index (χ3v) is 4.59. The first-order valence-electron chi connectivity index (χ1n) is 6.71. The Labute approximate surface area is 112 Å². The molecule has 4 unspecified atom stereocenters. The second-order valence-corrected chi connectivity index (χ2v) is 5.92. The molecule has 102 valence electrons. The lowest BCUT2D eigenvalue weighted by Crippen LogP contribution is -2.30. The molecule has 19 heavy (non-hydrogen) atoms. The fraction of sp³-hybridized carbons (Fsp3) is 0.600. The van der Waals surface area contributed by atoms with E-state index in [9.17, 15) is 9.59 Å². The minimum absolute atomic E-state index is 0.0537. The van der Waals surface area contributed by atoms with Gasteiger partial charge in [-0.2, -0.15) is 0 Å². The SMILES string of the molecule is C=C1CCC2C(=C)C(=O)OC2C2OC2(C)CCC1=O. The topological polar surface area (TPSA) is 55.9 Å². The summed E-state index contributed by atoms with van der Waals surface area (Å²) in [4.78, 5) is 23.6. The molecule has 0 bridgehead atoms. The highest BCUT2D eigenvalue weighted by Gasteiger charge is 2.61. The van der Waals surface area contributed by atoms with Gasteiger partial charge in [0.25, 0.3) is 0 Å². The highest BCUT2D eigenvalue weighted by molar-refractivity contribution is 5.95. The van der Waals surface area contributed by atoms with Crippen LogP contribution >= 0.6 is 0 Å². The van der Waals surface area contributed by atoms with Crippen molar-refractivity contribution in [2.75, 3.05) is 0 Å². The summed E-state index contributed by atoms with van der Waals surface area (Å²) in [6.45, 7) is 9.64. The van der Waals surface area contributed by atoms with Gasteiger partial charge in [0.2, 0.25) is 0 Å². The number of carbonyl (C=O) groups is 2. The van der Waals surface area contributed by atoms with Gasteiger partial charge in [-0.25, -0.2) is 4.79 Å². The quantitative estimate of drug-likeness (QED) is 0.380. The fourth-order valence-corrected chi connectivity index (χ4v) is 3.12. The second kappa shape index (κ2) is 4.04. The third kappa shape index (κ3) is 1.94. The first-order chi connectivity index (χ1) is 8.92. The van der Waals surface area contributed by atoms with Gasteiger partial charge in [-0.05, 0) is 31.8 Å². The number of allylic oxidation sites excluding steroid dienone is 1. The van der Waals surface area contributed by atoms with Crippen molar-refractivity contribution in [3.63, 3.8) is 0 Å². The summed E-state index contributed by atoms with van der Waals surface area (Å²) in [5.74, 6) is -0.282. The number of hydrogen-bond acceptors (Lipinski definition) is 4. The predicted octanol–water partition coefficient (Wildman–Crippen LogP) is 1.94. The van der Waals surface area contributed by atoms with Crippen LogP contribution in [-0.4, -0.2) is 29.6 Å². The summed E-state index contributed by atoms with van der Waals surface area (Å²) in [5.41, 5.74) is 0.790. The maximum Gasteiger partial charge on any atom is 0.334 e. The molecule has 3 fully saturated rings. The molecule has 3 aliphatic rings. The normalized spacial score (nSPS) is 42.5. The van der Waals surface area contributed by atoms with Gasteiger partial charge in [-0.1, -0.05) is 13.2 Å². The maximum absolute atomic E-state index is 11.9. The van der Waals surface area contributed by atoms with Crippen LogP contribution in [0.5, 0.6) is 0 Å². The van der Waals surface area contributed by atoms with Crippen LogP contribution in [-0.2, 0) is 19.1 Å². The lowest BCUT2D eigenvalue weighted by molar-refractivity contribution is -0.140. The highest BCUT2D eigenvalue weighted by Crippen LogP contribution is 2.49. The molecule has 0 spiro atoms. The van der Waals surface area contributed by atoms with Crippen molar-refractivity contribution in [1.29, 1.82) is 0 Å². The predicted molar refractivity (Wildman–Crippen MR) is 68.4 cm³/mol. The monoisotopic (exact) mass is 262 g/mol. The van der Waals surface area contributed by atoms with Crippen molar-refractivity contribution in [1.82, 2.24) is 0 Å². The lowest BCUT2D eigenvalue weighted by atomic mass is 9.83. The Morgan fingerprint density at radius 1 is 1.26 bits per heavy atom. The summed E-state index contributed by atoms with van der Waals surface area (Å²) in [6.07, 6.45) is 2.04. The summed E-state index contributed by atoms with van der Waals surface area (Å²) in [7, 11) is 0. The number of carbonyl (C=O) groups excluding carboxylic acids is 2. The Hall–Kier alpha value is -1.42. The van der Waals surface area contributed by atoms with E-state index in [2.05, 4.69) is 13.2 Å². The minimum Gasteiger partial charge on any atom is -0.455 e. The van der Waals surface area contributed by atoms with E-state index in [0.717, 1.165) is 0 Å². The zero-order valence-corrected chi connectivity index (χ0v) is 11.1. The highest BCUT2D eigenvalue weighted by atomic mass is 16.6. The van der Waals surface area contributed by atoms with E-state index in [-0.39, 0.29) is 35.5 Å². The second-order valence-electron chi connectivity index (χ2n) is 5.92. The van der Waals surface area contributed by atoms with Crippen molar-refractivity contribution in [2.45, 2.75) is 50.4 Å². The van der Waals surface area contributed by atoms with Crippen LogP contribution in [0.25, 0.3) is 0 Å². The lowest BCUT2D eigenvalue weighted by Gasteiger charge is -2.19.